The molecule has 0 saturated carbocycles. The molecule has 0 atom stereocenters. The number of anilines is 1. The van der Waals surface area contributed by atoms with Gasteiger partial charge in [0.05, 0.1) is 14.2 Å². The predicted molar refractivity (Wildman–Crippen MR) is 116 cm³/mol. The SMILES string of the molecule is COc1cccc(/C=C/C(=O)Nc2ccc(OC)c(S(=O)(=O)N3CCCCC3)c2)c1. The van der Waals surface area contributed by atoms with Gasteiger partial charge in [0.1, 0.15) is 16.4 Å². The quantitative estimate of drug-likeness (QED) is 0.680. The molecule has 2 aromatic rings. The van der Waals surface area contributed by atoms with Crippen LogP contribution in [0.3, 0.4) is 0 Å². The Morgan fingerprint density at radius 1 is 1.03 bits per heavy atom. The summed E-state index contributed by atoms with van der Waals surface area (Å²) in [7, 11) is -0.693. The maximum atomic E-state index is 13.1. The molecule has 1 heterocycles. The van der Waals surface area contributed by atoms with E-state index in [1.165, 1.54) is 23.6 Å². The second-order valence-corrected chi connectivity index (χ2v) is 8.84. The molecule has 1 aliphatic rings. The average Bonchev–Trinajstić information content (AvgIpc) is 2.78. The second kappa shape index (κ2) is 9.77. The lowest BCUT2D eigenvalue weighted by molar-refractivity contribution is -0.111. The van der Waals surface area contributed by atoms with E-state index in [1.54, 1.807) is 31.4 Å². The zero-order valence-electron chi connectivity index (χ0n) is 17.1. The topological polar surface area (TPSA) is 84.9 Å². The highest BCUT2D eigenvalue weighted by atomic mass is 32.2. The third kappa shape index (κ3) is 5.20. The van der Waals surface area contributed by atoms with Gasteiger partial charge in [-0.3, -0.25) is 4.79 Å². The van der Waals surface area contributed by atoms with Crippen molar-refractivity contribution >= 4 is 27.7 Å². The van der Waals surface area contributed by atoms with Gasteiger partial charge in [-0.25, -0.2) is 8.42 Å². The number of nitrogens with zero attached hydrogens (tertiary/aromatic N) is 1. The Hall–Kier alpha value is -2.84. The molecule has 0 radical (unpaired) electrons. The Morgan fingerprint density at radius 2 is 1.80 bits per heavy atom. The first-order chi connectivity index (χ1) is 14.4. The molecule has 160 valence electrons. The van der Waals surface area contributed by atoms with Gasteiger partial charge in [0, 0.05) is 24.9 Å². The van der Waals surface area contributed by atoms with E-state index in [2.05, 4.69) is 5.32 Å². The predicted octanol–water partition coefficient (Wildman–Crippen LogP) is 3.53. The van der Waals surface area contributed by atoms with Crippen LogP contribution in [-0.4, -0.2) is 45.9 Å². The Kier molecular flexibility index (Phi) is 7.12. The smallest absolute Gasteiger partial charge is 0.248 e. The number of hydrogen-bond donors (Lipinski definition) is 1. The number of methoxy groups -OCH3 is 2. The number of hydrogen-bond acceptors (Lipinski definition) is 5. The van der Waals surface area contributed by atoms with E-state index in [-0.39, 0.29) is 16.6 Å². The summed E-state index contributed by atoms with van der Waals surface area (Å²) in [6, 6.07) is 11.9. The fourth-order valence-corrected chi connectivity index (χ4v) is 5.00. The summed E-state index contributed by atoms with van der Waals surface area (Å²) < 4.78 is 38.1. The summed E-state index contributed by atoms with van der Waals surface area (Å²) in [5.74, 6) is 0.579. The van der Waals surface area contributed by atoms with Gasteiger partial charge in [-0.05, 0) is 54.8 Å². The monoisotopic (exact) mass is 430 g/mol. The van der Waals surface area contributed by atoms with Crippen molar-refractivity contribution in [3.8, 4) is 11.5 Å². The number of piperidine rings is 1. The van der Waals surface area contributed by atoms with Crippen LogP contribution < -0.4 is 14.8 Å². The third-order valence-electron chi connectivity index (χ3n) is 4.88. The first-order valence-electron chi connectivity index (χ1n) is 9.75. The van der Waals surface area contributed by atoms with Crippen molar-refractivity contribution in [2.75, 3.05) is 32.6 Å². The molecule has 0 unspecified atom stereocenters. The highest BCUT2D eigenvalue weighted by molar-refractivity contribution is 7.89. The molecule has 0 spiro atoms. The highest BCUT2D eigenvalue weighted by Crippen LogP contribution is 2.31. The van der Waals surface area contributed by atoms with Gasteiger partial charge in [-0.1, -0.05) is 18.6 Å². The lowest BCUT2D eigenvalue weighted by Crippen LogP contribution is -2.35. The minimum Gasteiger partial charge on any atom is -0.497 e. The van der Waals surface area contributed by atoms with Crippen LogP contribution in [-0.2, 0) is 14.8 Å². The molecule has 0 bridgehead atoms. The average molecular weight is 431 g/mol. The van der Waals surface area contributed by atoms with Gasteiger partial charge < -0.3 is 14.8 Å². The summed E-state index contributed by atoms with van der Waals surface area (Å²) in [5.41, 5.74) is 1.19. The summed E-state index contributed by atoms with van der Waals surface area (Å²) in [6.45, 7) is 0.983. The van der Waals surface area contributed by atoms with Crippen LogP contribution >= 0.6 is 0 Å². The number of sulfonamides is 1. The molecule has 1 aliphatic heterocycles. The van der Waals surface area contributed by atoms with Crippen LogP contribution in [0.2, 0.25) is 0 Å². The van der Waals surface area contributed by atoms with Gasteiger partial charge in [0.2, 0.25) is 15.9 Å². The molecule has 30 heavy (non-hydrogen) atoms. The summed E-state index contributed by atoms with van der Waals surface area (Å²) in [5, 5.41) is 2.71. The van der Waals surface area contributed by atoms with E-state index in [4.69, 9.17) is 9.47 Å². The molecule has 1 N–H and O–H groups in total. The summed E-state index contributed by atoms with van der Waals surface area (Å²) in [4.78, 5) is 12.4. The zero-order valence-corrected chi connectivity index (χ0v) is 17.9. The van der Waals surface area contributed by atoms with E-state index in [1.807, 2.05) is 18.2 Å². The fraction of sp³-hybridized carbons (Fsp3) is 0.318. The Labute approximate surface area is 177 Å². The van der Waals surface area contributed by atoms with Crippen LogP contribution in [0.15, 0.2) is 53.4 Å². The number of nitrogens with one attached hydrogen (secondary N) is 1. The van der Waals surface area contributed by atoms with Crippen molar-refractivity contribution in [3.63, 3.8) is 0 Å². The van der Waals surface area contributed by atoms with Crippen molar-refractivity contribution in [2.24, 2.45) is 0 Å². The van der Waals surface area contributed by atoms with Gasteiger partial charge in [-0.2, -0.15) is 4.31 Å². The number of carbonyl (C=O) groups is 1. The molecular weight excluding hydrogens is 404 g/mol. The van der Waals surface area contributed by atoms with Crippen LogP contribution in [0, 0.1) is 0 Å². The van der Waals surface area contributed by atoms with Crippen molar-refractivity contribution in [3.05, 3.63) is 54.1 Å². The highest BCUT2D eigenvalue weighted by Gasteiger charge is 2.29. The molecule has 0 aliphatic carbocycles. The Bertz CT molecular complexity index is 1030. The minimum absolute atomic E-state index is 0.0569. The molecular formula is C22H26N2O5S. The van der Waals surface area contributed by atoms with E-state index in [0.717, 1.165) is 24.8 Å². The molecule has 1 fully saturated rings. The van der Waals surface area contributed by atoms with Gasteiger partial charge in [0.25, 0.3) is 0 Å². The van der Waals surface area contributed by atoms with Crippen LogP contribution in [0.1, 0.15) is 24.8 Å². The van der Waals surface area contributed by atoms with E-state index >= 15 is 0 Å². The van der Waals surface area contributed by atoms with E-state index in [0.29, 0.717) is 24.5 Å². The molecule has 7 nitrogen and oxygen atoms in total. The van der Waals surface area contributed by atoms with Crippen molar-refractivity contribution in [2.45, 2.75) is 24.2 Å². The molecule has 1 amide bonds. The maximum absolute atomic E-state index is 13.1. The Balaban J connectivity index is 1.78. The minimum atomic E-state index is -3.70. The summed E-state index contributed by atoms with van der Waals surface area (Å²) in [6.07, 6.45) is 5.75. The normalized spacial score (nSPS) is 15.1. The first-order valence-corrected chi connectivity index (χ1v) is 11.2. The molecule has 0 aromatic heterocycles. The molecule has 2 aromatic carbocycles. The van der Waals surface area contributed by atoms with Gasteiger partial charge >= 0.3 is 0 Å². The van der Waals surface area contributed by atoms with Crippen LogP contribution in [0.25, 0.3) is 6.08 Å². The largest absolute Gasteiger partial charge is 0.497 e. The maximum Gasteiger partial charge on any atom is 0.248 e. The number of benzene rings is 2. The lowest BCUT2D eigenvalue weighted by Gasteiger charge is -2.26. The number of ether oxygens (including phenoxy) is 2. The number of carbonyl (C=O) groups excluding carboxylic acids is 1. The van der Waals surface area contributed by atoms with Crippen molar-refractivity contribution in [1.82, 2.24) is 4.31 Å². The zero-order chi connectivity index (χ0) is 21.6. The molecule has 1 saturated heterocycles. The lowest BCUT2D eigenvalue weighted by atomic mass is 10.2. The van der Waals surface area contributed by atoms with Gasteiger partial charge in [-0.15, -0.1) is 0 Å². The van der Waals surface area contributed by atoms with Crippen LogP contribution in [0.5, 0.6) is 11.5 Å². The van der Waals surface area contributed by atoms with Crippen LogP contribution in [0.4, 0.5) is 5.69 Å². The number of rotatable bonds is 7. The Morgan fingerprint density at radius 3 is 2.50 bits per heavy atom. The number of amides is 1. The van der Waals surface area contributed by atoms with Gasteiger partial charge in [0.15, 0.2) is 0 Å². The van der Waals surface area contributed by atoms with E-state index < -0.39 is 10.0 Å². The molecule has 8 heteroatoms. The van der Waals surface area contributed by atoms with Crippen molar-refractivity contribution in [1.29, 1.82) is 0 Å². The standard InChI is InChI=1S/C22H26N2O5S/c1-28-19-8-6-7-17(15-19)9-12-22(25)23-18-10-11-20(29-2)21(16-18)30(26,27)24-13-4-3-5-14-24/h6-12,15-16H,3-5,13-14H2,1-2H3,(H,23,25)/b12-9+. The summed E-state index contributed by atoms with van der Waals surface area (Å²) >= 11 is 0. The fourth-order valence-electron chi connectivity index (χ4n) is 3.30. The van der Waals surface area contributed by atoms with E-state index in [9.17, 15) is 13.2 Å². The first kappa shape index (κ1) is 21.9. The van der Waals surface area contributed by atoms with Crippen molar-refractivity contribution < 1.29 is 22.7 Å². The molecule has 3 rings (SSSR count). The second-order valence-electron chi connectivity index (χ2n) is 6.93. The third-order valence-corrected chi connectivity index (χ3v) is 6.80.